The number of hydrogen-bond donors (Lipinski definition) is 4. The van der Waals surface area contributed by atoms with Gasteiger partial charge in [-0.2, -0.15) is 0 Å². The van der Waals surface area contributed by atoms with Crippen molar-refractivity contribution in [2.75, 3.05) is 13.2 Å². The molecule has 0 aromatic heterocycles. The van der Waals surface area contributed by atoms with Gasteiger partial charge in [0.05, 0.1) is 19.1 Å². The maximum Gasteiger partial charge on any atom is 0.308 e. The van der Waals surface area contributed by atoms with E-state index < -0.39 is 49.4 Å². The van der Waals surface area contributed by atoms with Crippen LogP contribution in [0.25, 0.3) is 0 Å². The Labute approximate surface area is 180 Å². The first kappa shape index (κ1) is 28.8. The molecule has 0 amide bonds. The lowest BCUT2D eigenvalue weighted by Gasteiger charge is -2.26. The normalized spacial score (nSPS) is 15.3. The zero-order chi connectivity index (χ0) is 22.8. The van der Waals surface area contributed by atoms with Crippen LogP contribution in [0.3, 0.4) is 0 Å². The molecule has 0 saturated heterocycles. The lowest BCUT2D eigenvalue weighted by atomic mass is 10.0. The Bertz CT molecular complexity index is 443. The number of aliphatic hydroxyl groups is 4. The van der Waals surface area contributed by atoms with Crippen molar-refractivity contribution >= 4 is 11.9 Å². The van der Waals surface area contributed by atoms with Gasteiger partial charge in [0.25, 0.3) is 0 Å². The molecule has 0 aromatic rings. The molecule has 0 rings (SSSR count). The molecule has 0 spiro atoms. The molecule has 0 bridgehead atoms. The SMILES string of the molecule is CCCCCCCOC(=O)C[C@@H](O)[C@@H](O)[C@H](O)[C@H](O)COC(=O)CCCCCCC. The minimum Gasteiger partial charge on any atom is -0.466 e. The highest BCUT2D eigenvalue weighted by molar-refractivity contribution is 5.70. The number of ether oxygens (including phenoxy) is 2. The lowest BCUT2D eigenvalue weighted by Crippen LogP contribution is -2.47. The Kier molecular flexibility index (Phi) is 17.8. The predicted molar refractivity (Wildman–Crippen MR) is 113 cm³/mol. The van der Waals surface area contributed by atoms with Gasteiger partial charge in [-0.3, -0.25) is 9.59 Å². The van der Waals surface area contributed by atoms with E-state index in [-0.39, 0.29) is 13.0 Å². The maximum absolute atomic E-state index is 11.7. The van der Waals surface area contributed by atoms with Crippen molar-refractivity contribution in [2.45, 2.75) is 115 Å². The highest BCUT2D eigenvalue weighted by Crippen LogP contribution is 2.11. The van der Waals surface area contributed by atoms with E-state index in [4.69, 9.17) is 9.47 Å². The van der Waals surface area contributed by atoms with Gasteiger partial charge >= 0.3 is 11.9 Å². The monoisotopic (exact) mass is 434 g/mol. The summed E-state index contributed by atoms with van der Waals surface area (Å²) in [4.78, 5) is 23.4. The number of carbonyl (C=O) groups is 2. The average molecular weight is 435 g/mol. The van der Waals surface area contributed by atoms with E-state index in [2.05, 4.69) is 13.8 Å². The van der Waals surface area contributed by atoms with Gasteiger partial charge < -0.3 is 29.9 Å². The summed E-state index contributed by atoms with van der Waals surface area (Å²) < 4.78 is 9.90. The molecule has 0 saturated carbocycles. The molecular weight excluding hydrogens is 392 g/mol. The second kappa shape index (κ2) is 18.5. The molecule has 0 aliphatic heterocycles. The van der Waals surface area contributed by atoms with Crippen molar-refractivity contribution in [3.05, 3.63) is 0 Å². The lowest BCUT2D eigenvalue weighted by molar-refractivity contribution is -0.158. The number of unbranched alkanes of at least 4 members (excludes halogenated alkanes) is 8. The summed E-state index contributed by atoms with van der Waals surface area (Å²) in [6.07, 6.45) is 2.92. The second-order valence-electron chi connectivity index (χ2n) is 7.80. The van der Waals surface area contributed by atoms with E-state index >= 15 is 0 Å². The number of hydrogen-bond acceptors (Lipinski definition) is 8. The van der Waals surface area contributed by atoms with Crippen LogP contribution in [-0.4, -0.2) is 70.0 Å². The summed E-state index contributed by atoms with van der Waals surface area (Å²) in [6.45, 7) is 3.95. The Morgan fingerprint density at radius 2 is 1.20 bits per heavy atom. The van der Waals surface area contributed by atoms with E-state index in [1.54, 1.807) is 0 Å². The molecular formula is C22H42O8. The summed E-state index contributed by atoms with van der Waals surface area (Å²) in [5.41, 5.74) is 0. The van der Waals surface area contributed by atoms with E-state index in [1.807, 2.05) is 0 Å². The minimum absolute atomic E-state index is 0.224. The fraction of sp³-hybridized carbons (Fsp3) is 0.909. The molecule has 8 nitrogen and oxygen atoms in total. The fourth-order valence-corrected chi connectivity index (χ4v) is 2.92. The number of esters is 2. The maximum atomic E-state index is 11.7. The third-order valence-electron chi connectivity index (χ3n) is 4.92. The highest BCUT2D eigenvalue weighted by Gasteiger charge is 2.32. The molecule has 0 unspecified atom stereocenters. The van der Waals surface area contributed by atoms with E-state index in [0.29, 0.717) is 6.42 Å². The van der Waals surface area contributed by atoms with Crippen molar-refractivity contribution in [3.8, 4) is 0 Å². The molecule has 0 radical (unpaired) electrons. The topological polar surface area (TPSA) is 134 Å². The molecule has 0 aliphatic carbocycles. The Balaban J connectivity index is 4.04. The Morgan fingerprint density at radius 3 is 1.80 bits per heavy atom. The predicted octanol–water partition coefficient (Wildman–Crippen LogP) is 2.24. The first-order valence-corrected chi connectivity index (χ1v) is 11.4. The van der Waals surface area contributed by atoms with Crippen LogP contribution in [0.4, 0.5) is 0 Å². The first-order valence-electron chi connectivity index (χ1n) is 11.4. The van der Waals surface area contributed by atoms with Crippen LogP contribution in [0.2, 0.25) is 0 Å². The zero-order valence-corrected chi connectivity index (χ0v) is 18.6. The fourth-order valence-electron chi connectivity index (χ4n) is 2.92. The van der Waals surface area contributed by atoms with Gasteiger partial charge in [-0.15, -0.1) is 0 Å². The van der Waals surface area contributed by atoms with Crippen LogP contribution >= 0.6 is 0 Å². The second-order valence-corrected chi connectivity index (χ2v) is 7.80. The molecule has 8 heteroatoms. The highest BCUT2D eigenvalue weighted by atomic mass is 16.5. The van der Waals surface area contributed by atoms with Crippen LogP contribution in [0, 0.1) is 0 Å². The van der Waals surface area contributed by atoms with Crippen molar-refractivity contribution < 1.29 is 39.5 Å². The standard InChI is InChI=1S/C22H42O8/c1-3-5-7-9-11-13-19(25)30-16-18(24)22(28)21(27)17(23)15-20(26)29-14-12-10-8-6-4-2/h17-18,21-24,27-28H,3-16H2,1-2H3/t17-,18-,21-,22-/m1/s1. The first-order chi connectivity index (χ1) is 14.3. The van der Waals surface area contributed by atoms with Gasteiger partial charge in [0, 0.05) is 6.42 Å². The summed E-state index contributed by atoms with van der Waals surface area (Å²) in [7, 11) is 0. The Hall–Kier alpha value is -1.22. The van der Waals surface area contributed by atoms with Gasteiger partial charge in [-0.1, -0.05) is 65.2 Å². The number of carbonyl (C=O) groups excluding carboxylic acids is 2. The summed E-state index contributed by atoms with van der Waals surface area (Å²) >= 11 is 0. The van der Waals surface area contributed by atoms with Gasteiger partial charge in [0.2, 0.25) is 0 Å². The largest absolute Gasteiger partial charge is 0.466 e. The van der Waals surface area contributed by atoms with E-state index in [9.17, 15) is 30.0 Å². The van der Waals surface area contributed by atoms with Crippen LogP contribution in [0.5, 0.6) is 0 Å². The van der Waals surface area contributed by atoms with E-state index in [0.717, 1.165) is 57.8 Å². The average Bonchev–Trinajstić information content (AvgIpc) is 2.73. The number of rotatable bonds is 19. The number of aliphatic hydroxyl groups excluding tert-OH is 4. The molecule has 0 aromatic carbocycles. The van der Waals surface area contributed by atoms with E-state index in [1.165, 1.54) is 0 Å². The summed E-state index contributed by atoms with van der Waals surface area (Å²) in [6, 6.07) is 0. The van der Waals surface area contributed by atoms with Crippen LogP contribution in [-0.2, 0) is 19.1 Å². The van der Waals surface area contributed by atoms with Gasteiger partial charge in [0.1, 0.15) is 24.9 Å². The molecule has 178 valence electrons. The molecule has 0 fully saturated rings. The smallest absolute Gasteiger partial charge is 0.308 e. The molecule has 4 atom stereocenters. The van der Waals surface area contributed by atoms with Crippen molar-refractivity contribution in [1.29, 1.82) is 0 Å². The van der Waals surface area contributed by atoms with Crippen molar-refractivity contribution in [2.24, 2.45) is 0 Å². The minimum atomic E-state index is -1.77. The van der Waals surface area contributed by atoms with Crippen LogP contribution < -0.4 is 0 Å². The molecule has 0 aliphatic rings. The molecule has 4 N–H and O–H groups in total. The summed E-state index contributed by atoms with van der Waals surface area (Å²) in [5.74, 6) is -1.18. The third-order valence-corrected chi connectivity index (χ3v) is 4.92. The van der Waals surface area contributed by atoms with Gasteiger partial charge in [-0.05, 0) is 12.8 Å². The summed E-state index contributed by atoms with van der Waals surface area (Å²) in [5, 5.41) is 39.7. The quantitative estimate of drug-likeness (QED) is 0.180. The van der Waals surface area contributed by atoms with Gasteiger partial charge in [-0.25, -0.2) is 0 Å². The zero-order valence-electron chi connectivity index (χ0n) is 18.6. The van der Waals surface area contributed by atoms with Crippen LogP contribution in [0.15, 0.2) is 0 Å². The van der Waals surface area contributed by atoms with Crippen molar-refractivity contribution in [1.82, 2.24) is 0 Å². The van der Waals surface area contributed by atoms with Gasteiger partial charge in [0.15, 0.2) is 0 Å². The van der Waals surface area contributed by atoms with Crippen LogP contribution in [0.1, 0.15) is 90.9 Å². The third kappa shape index (κ3) is 14.7. The molecule has 0 heterocycles. The van der Waals surface area contributed by atoms with Crippen molar-refractivity contribution in [3.63, 3.8) is 0 Å². The molecule has 30 heavy (non-hydrogen) atoms. The Morgan fingerprint density at radius 1 is 0.667 bits per heavy atom.